The van der Waals surface area contributed by atoms with E-state index < -0.39 is 0 Å². The van der Waals surface area contributed by atoms with E-state index in [0.29, 0.717) is 5.76 Å². The second kappa shape index (κ2) is 6.20. The van der Waals surface area contributed by atoms with Gasteiger partial charge in [-0.05, 0) is 55.0 Å². The first-order valence-corrected chi connectivity index (χ1v) is 7.64. The van der Waals surface area contributed by atoms with Crippen molar-refractivity contribution in [1.82, 2.24) is 0 Å². The largest absolute Gasteiger partial charge is 0.457 e. The molecule has 1 N–H and O–H groups in total. The molecule has 2 aromatic carbocycles. The van der Waals surface area contributed by atoms with Crippen LogP contribution in [-0.4, -0.2) is 5.91 Å². The third kappa shape index (κ3) is 3.46. The van der Waals surface area contributed by atoms with Crippen molar-refractivity contribution < 1.29 is 9.21 Å². The molecule has 0 saturated heterocycles. The summed E-state index contributed by atoms with van der Waals surface area (Å²) in [5.41, 5.74) is 2.72. The van der Waals surface area contributed by atoms with Crippen molar-refractivity contribution in [3.05, 3.63) is 70.4 Å². The molecule has 3 rings (SSSR count). The number of anilines is 1. The number of carbonyl (C=O) groups excluding carboxylic acids is 1. The smallest absolute Gasteiger partial charge is 0.248 e. The van der Waals surface area contributed by atoms with Crippen molar-refractivity contribution in [2.24, 2.45) is 0 Å². The van der Waals surface area contributed by atoms with Crippen molar-refractivity contribution in [2.75, 3.05) is 5.32 Å². The Bertz CT molecular complexity index is 847. The summed E-state index contributed by atoms with van der Waals surface area (Å²) >= 11 is 3.36. The number of hydrogen-bond donors (Lipinski definition) is 1. The summed E-state index contributed by atoms with van der Waals surface area (Å²) in [7, 11) is 0. The van der Waals surface area contributed by atoms with Gasteiger partial charge in [-0.1, -0.05) is 28.1 Å². The average molecular weight is 356 g/mol. The zero-order valence-electron chi connectivity index (χ0n) is 12.0. The predicted molar refractivity (Wildman–Crippen MR) is 92.8 cm³/mol. The molecule has 1 heterocycles. The molecule has 22 heavy (non-hydrogen) atoms. The van der Waals surface area contributed by atoms with Crippen LogP contribution in [0.5, 0.6) is 0 Å². The highest BCUT2D eigenvalue weighted by Crippen LogP contribution is 2.21. The Labute approximate surface area is 136 Å². The molecule has 0 aliphatic rings. The molecule has 0 saturated carbocycles. The first-order chi connectivity index (χ1) is 10.6. The average Bonchev–Trinajstić information content (AvgIpc) is 2.89. The van der Waals surface area contributed by atoms with E-state index in [4.69, 9.17) is 4.42 Å². The van der Waals surface area contributed by atoms with Crippen LogP contribution in [0.1, 0.15) is 11.3 Å². The molecule has 3 aromatic rings. The van der Waals surface area contributed by atoms with E-state index in [1.54, 1.807) is 6.08 Å². The van der Waals surface area contributed by atoms with Gasteiger partial charge in [-0.3, -0.25) is 4.79 Å². The van der Waals surface area contributed by atoms with Crippen LogP contribution in [-0.2, 0) is 4.79 Å². The highest BCUT2D eigenvalue weighted by molar-refractivity contribution is 9.10. The molecule has 0 radical (unpaired) electrons. The Hall–Kier alpha value is -2.33. The first kappa shape index (κ1) is 14.6. The zero-order valence-corrected chi connectivity index (χ0v) is 13.6. The minimum Gasteiger partial charge on any atom is -0.457 e. The third-order valence-electron chi connectivity index (χ3n) is 3.21. The van der Waals surface area contributed by atoms with Gasteiger partial charge in [0, 0.05) is 21.6 Å². The number of fused-ring (bicyclic) bond motifs is 1. The molecule has 0 aliphatic heterocycles. The van der Waals surface area contributed by atoms with Crippen LogP contribution in [0, 0.1) is 6.92 Å². The van der Waals surface area contributed by atoms with Crippen molar-refractivity contribution in [2.45, 2.75) is 6.92 Å². The molecule has 1 amide bonds. The van der Waals surface area contributed by atoms with Crippen LogP contribution in [0.25, 0.3) is 17.0 Å². The number of rotatable bonds is 3. The standard InChI is InChI=1S/C18H14BrNO2/c1-12-2-3-13-11-16(22-17(13)10-12)8-9-18(21)20-15-6-4-14(19)5-7-15/h2-11H,1H3,(H,20,21). The second-order valence-corrected chi connectivity index (χ2v) is 5.94. The van der Waals surface area contributed by atoms with E-state index >= 15 is 0 Å². The highest BCUT2D eigenvalue weighted by Gasteiger charge is 2.02. The van der Waals surface area contributed by atoms with Crippen LogP contribution < -0.4 is 5.32 Å². The molecule has 0 fully saturated rings. The fraction of sp³-hybridized carbons (Fsp3) is 0.0556. The summed E-state index contributed by atoms with van der Waals surface area (Å²) in [5.74, 6) is 0.463. The van der Waals surface area contributed by atoms with E-state index in [1.165, 1.54) is 6.08 Å². The fourth-order valence-electron chi connectivity index (χ4n) is 2.12. The van der Waals surface area contributed by atoms with Crippen molar-refractivity contribution in [3.63, 3.8) is 0 Å². The van der Waals surface area contributed by atoms with Crippen molar-refractivity contribution in [3.8, 4) is 0 Å². The minimum atomic E-state index is -0.195. The minimum absolute atomic E-state index is 0.195. The van der Waals surface area contributed by atoms with Gasteiger partial charge in [0.25, 0.3) is 0 Å². The number of nitrogens with one attached hydrogen (secondary N) is 1. The summed E-state index contributed by atoms with van der Waals surface area (Å²) in [6.45, 7) is 2.02. The maximum absolute atomic E-state index is 11.9. The quantitative estimate of drug-likeness (QED) is 0.659. The molecular weight excluding hydrogens is 342 g/mol. The Morgan fingerprint density at radius 1 is 1.14 bits per heavy atom. The normalized spacial score (nSPS) is 11.2. The first-order valence-electron chi connectivity index (χ1n) is 6.85. The van der Waals surface area contributed by atoms with Crippen molar-refractivity contribution in [1.29, 1.82) is 0 Å². The van der Waals surface area contributed by atoms with Gasteiger partial charge in [-0.2, -0.15) is 0 Å². The lowest BCUT2D eigenvalue weighted by Crippen LogP contribution is -2.07. The van der Waals surface area contributed by atoms with E-state index in [0.717, 1.165) is 26.7 Å². The molecule has 0 atom stereocenters. The molecule has 110 valence electrons. The summed E-state index contributed by atoms with van der Waals surface area (Å²) in [6, 6.07) is 15.4. The van der Waals surface area contributed by atoms with Gasteiger partial charge in [-0.25, -0.2) is 0 Å². The molecule has 0 unspecified atom stereocenters. The lowest BCUT2D eigenvalue weighted by molar-refractivity contribution is -0.111. The van der Waals surface area contributed by atoms with Gasteiger partial charge in [-0.15, -0.1) is 0 Å². The Kier molecular flexibility index (Phi) is 4.11. The van der Waals surface area contributed by atoms with Crippen LogP contribution in [0.4, 0.5) is 5.69 Å². The third-order valence-corrected chi connectivity index (χ3v) is 3.73. The number of amides is 1. The Morgan fingerprint density at radius 2 is 1.91 bits per heavy atom. The van der Waals surface area contributed by atoms with Gasteiger partial charge in [0.15, 0.2) is 0 Å². The number of furan rings is 1. The van der Waals surface area contributed by atoms with E-state index in [1.807, 2.05) is 55.5 Å². The van der Waals surface area contributed by atoms with Crippen LogP contribution in [0.15, 0.2) is 63.5 Å². The number of carbonyl (C=O) groups is 1. The molecule has 0 aliphatic carbocycles. The number of hydrogen-bond acceptors (Lipinski definition) is 2. The van der Waals surface area contributed by atoms with Gasteiger partial charge >= 0.3 is 0 Å². The number of halogens is 1. The predicted octanol–water partition coefficient (Wildman–Crippen LogP) is 5.16. The monoisotopic (exact) mass is 355 g/mol. The number of aryl methyl sites for hydroxylation is 1. The fourth-order valence-corrected chi connectivity index (χ4v) is 2.38. The number of benzene rings is 2. The molecule has 1 aromatic heterocycles. The summed E-state index contributed by atoms with van der Waals surface area (Å²) < 4.78 is 6.66. The topological polar surface area (TPSA) is 42.2 Å². The zero-order chi connectivity index (χ0) is 15.5. The maximum Gasteiger partial charge on any atom is 0.248 e. The maximum atomic E-state index is 11.9. The van der Waals surface area contributed by atoms with Crippen molar-refractivity contribution >= 4 is 44.6 Å². The Morgan fingerprint density at radius 3 is 2.68 bits per heavy atom. The molecule has 4 heteroatoms. The summed E-state index contributed by atoms with van der Waals surface area (Å²) in [4.78, 5) is 11.9. The van der Waals surface area contributed by atoms with Gasteiger partial charge in [0.2, 0.25) is 5.91 Å². The second-order valence-electron chi connectivity index (χ2n) is 5.02. The van der Waals surface area contributed by atoms with Gasteiger partial charge < -0.3 is 9.73 Å². The van der Waals surface area contributed by atoms with Gasteiger partial charge in [0.05, 0.1) is 0 Å². The summed E-state index contributed by atoms with van der Waals surface area (Å²) in [6.07, 6.45) is 3.14. The molecule has 0 spiro atoms. The molecular formula is C18H14BrNO2. The lowest BCUT2D eigenvalue weighted by Gasteiger charge is -2.01. The van der Waals surface area contributed by atoms with Gasteiger partial charge in [0.1, 0.15) is 11.3 Å². The van der Waals surface area contributed by atoms with Crippen LogP contribution in [0.2, 0.25) is 0 Å². The summed E-state index contributed by atoms with van der Waals surface area (Å²) in [5, 5.41) is 3.82. The van der Waals surface area contributed by atoms with Crippen LogP contribution >= 0.6 is 15.9 Å². The Balaban J connectivity index is 1.71. The highest BCUT2D eigenvalue weighted by atomic mass is 79.9. The van der Waals surface area contributed by atoms with Crippen LogP contribution in [0.3, 0.4) is 0 Å². The van der Waals surface area contributed by atoms with E-state index in [2.05, 4.69) is 21.2 Å². The SMILES string of the molecule is Cc1ccc2cc(C=CC(=O)Nc3ccc(Br)cc3)oc2c1. The lowest BCUT2D eigenvalue weighted by atomic mass is 10.2. The van der Waals surface area contributed by atoms with E-state index in [-0.39, 0.29) is 5.91 Å². The van der Waals surface area contributed by atoms with E-state index in [9.17, 15) is 4.79 Å². The molecule has 3 nitrogen and oxygen atoms in total. The molecule has 0 bridgehead atoms.